The van der Waals surface area contributed by atoms with Gasteiger partial charge in [0.25, 0.3) is 0 Å². The van der Waals surface area contributed by atoms with Crippen LogP contribution < -0.4 is 4.74 Å². The van der Waals surface area contributed by atoms with Crippen molar-refractivity contribution in [3.63, 3.8) is 0 Å². The van der Waals surface area contributed by atoms with Gasteiger partial charge >= 0.3 is 0 Å². The molecule has 0 amide bonds. The largest absolute Gasteiger partial charge is 0.457 e. The van der Waals surface area contributed by atoms with Gasteiger partial charge in [0, 0.05) is 12.6 Å². The normalized spacial score (nSPS) is 15.5. The van der Waals surface area contributed by atoms with Crippen LogP contribution in [0, 0.1) is 5.92 Å². The Labute approximate surface area is 161 Å². The number of rotatable bonds is 7. The standard InChI is InChI=1S/C23H29N3O/c1-26(14-13-18-5-3-2-4-6-18)16-19-7-9-20(10-8-19)27-21-11-12-22-23(15-21)25-17-24-22/h7-12,15,17-18H,2-6,13-14,16H2,1H3,(H,24,25). The van der Waals surface area contributed by atoms with Crippen LogP contribution in [0.15, 0.2) is 48.8 Å². The fourth-order valence-electron chi connectivity index (χ4n) is 4.05. The molecule has 0 atom stereocenters. The van der Waals surface area contributed by atoms with E-state index in [0.29, 0.717) is 0 Å². The first kappa shape index (κ1) is 18.1. The summed E-state index contributed by atoms with van der Waals surface area (Å²) in [4.78, 5) is 9.79. The average molecular weight is 364 g/mol. The van der Waals surface area contributed by atoms with Crippen molar-refractivity contribution in [2.45, 2.75) is 45.1 Å². The molecule has 0 saturated heterocycles. The quantitative estimate of drug-likeness (QED) is 0.580. The highest BCUT2D eigenvalue weighted by atomic mass is 16.5. The minimum Gasteiger partial charge on any atom is -0.457 e. The van der Waals surface area contributed by atoms with Crippen LogP contribution >= 0.6 is 0 Å². The fraction of sp³-hybridized carbons (Fsp3) is 0.435. The first-order valence-electron chi connectivity index (χ1n) is 10.1. The number of hydrogen-bond donors (Lipinski definition) is 1. The maximum atomic E-state index is 5.98. The molecule has 1 N–H and O–H groups in total. The lowest BCUT2D eigenvalue weighted by molar-refractivity contribution is 0.260. The van der Waals surface area contributed by atoms with E-state index < -0.39 is 0 Å². The SMILES string of the molecule is CN(CCC1CCCCC1)Cc1ccc(Oc2ccc3nc[nH]c3c2)cc1. The van der Waals surface area contributed by atoms with Gasteiger partial charge in [0.2, 0.25) is 0 Å². The van der Waals surface area contributed by atoms with E-state index in [0.717, 1.165) is 35.0 Å². The molecule has 1 saturated carbocycles. The van der Waals surface area contributed by atoms with Gasteiger partial charge in [-0.2, -0.15) is 0 Å². The Morgan fingerprint density at radius 1 is 1.04 bits per heavy atom. The van der Waals surface area contributed by atoms with Crippen LogP contribution in [0.25, 0.3) is 11.0 Å². The summed E-state index contributed by atoms with van der Waals surface area (Å²) in [5.74, 6) is 2.63. The van der Waals surface area contributed by atoms with Crippen molar-refractivity contribution in [2.75, 3.05) is 13.6 Å². The van der Waals surface area contributed by atoms with E-state index in [4.69, 9.17) is 4.74 Å². The van der Waals surface area contributed by atoms with Crippen LogP contribution in [0.5, 0.6) is 11.5 Å². The predicted molar refractivity (Wildman–Crippen MR) is 110 cm³/mol. The zero-order chi connectivity index (χ0) is 18.5. The molecule has 1 aliphatic rings. The first-order chi connectivity index (χ1) is 13.3. The molecular weight excluding hydrogens is 334 g/mol. The van der Waals surface area contributed by atoms with Gasteiger partial charge in [0.15, 0.2) is 0 Å². The van der Waals surface area contributed by atoms with Crippen LogP contribution in [0.1, 0.15) is 44.1 Å². The molecule has 1 fully saturated rings. The highest BCUT2D eigenvalue weighted by Gasteiger charge is 2.14. The molecule has 0 radical (unpaired) electrons. The molecular formula is C23H29N3O. The number of benzene rings is 2. The van der Waals surface area contributed by atoms with E-state index in [1.807, 2.05) is 18.2 Å². The average Bonchev–Trinajstić information content (AvgIpc) is 3.17. The number of H-pyrrole nitrogens is 1. The van der Waals surface area contributed by atoms with Gasteiger partial charge in [0.05, 0.1) is 17.4 Å². The molecule has 142 valence electrons. The van der Waals surface area contributed by atoms with E-state index in [9.17, 15) is 0 Å². The topological polar surface area (TPSA) is 41.1 Å². The van der Waals surface area contributed by atoms with Crippen LogP contribution in [-0.4, -0.2) is 28.5 Å². The number of nitrogens with zero attached hydrogens (tertiary/aromatic N) is 2. The molecule has 1 aromatic heterocycles. The minimum atomic E-state index is 0.823. The van der Waals surface area contributed by atoms with Crippen LogP contribution in [0.4, 0.5) is 0 Å². The van der Waals surface area contributed by atoms with Crippen molar-refractivity contribution in [1.82, 2.24) is 14.9 Å². The molecule has 4 nitrogen and oxygen atoms in total. The van der Waals surface area contributed by atoms with Crippen LogP contribution in [0.3, 0.4) is 0 Å². The summed E-state index contributed by atoms with van der Waals surface area (Å²) in [6.07, 6.45) is 10.2. The molecule has 4 heteroatoms. The smallest absolute Gasteiger partial charge is 0.129 e. The Balaban J connectivity index is 1.28. The van der Waals surface area contributed by atoms with Crippen LogP contribution in [-0.2, 0) is 6.54 Å². The third kappa shape index (κ3) is 4.89. The molecule has 1 heterocycles. The van der Waals surface area contributed by atoms with E-state index in [1.54, 1.807) is 6.33 Å². The van der Waals surface area contributed by atoms with Crippen molar-refractivity contribution in [3.05, 3.63) is 54.4 Å². The number of aromatic nitrogens is 2. The molecule has 4 rings (SSSR count). The lowest BCUT2D eigenvalue weighted by Gasteiger charge is -2.24. The van der Waals surface area contributed by atoms with Gasteiger partial charge in [-0.15, -0.1) is 0 Å². The number of hydrogen-bond acceptors (Lipinski definition) is 3. The number of nitrogens with one attached hydrogen (secondary N) is 1. The molecule has 0 bridgehead atoms. The molecule has 3 aromatic rings. The Morgan fingerprint density at radius 3 is 2.63 bits per heavy atom. The second-order valence-electron chi connectivity index (χ2n) is 7.86. The van der Waals surface area contributed by atoms with E-state index in [2.05, 4.69) is 46.2 Å². The Morgan fingerprint density at radius 2 is 1.81 bits per heavy atom. The highest BCUT2D eigenvalue weighted by molar-refractivity contribution is 5.76. The lowest BCUT2D eigenvalue weighted by atomic mass is 9.87. The van der Waals surface area contributed by atoms with Gasteiger partial charge in [-0.25, -0.2) is 4.98 Å². The zero-order valence-corrected chi connectivity index (χ0v) is 16.2. The zero-order valence-electron chi connectivity index (χ0n) is 16.2. The summed E-state index contributed by atoms with van der Waals surface area (Å²) in [5.41, 5.74) is 3.27. The Bertz CT molecular complexity index is 849. The second-order valence-corrected chi connectivity index (χ2v) is 7.86. The monoisotopic (exact) mass is 363 g/mol. The highest BCUT2D eigenvalue weighted by Crippen LogP contribution is 2.27. The van der Waals surface area contributed by atoms with E-state index >= 15 is 0 Å². The molecule has 0 spiro atoms. The lowest BCUT2D eigenvalue weighted by Crippen LogP contribution is -2.22. The number of imidazole rings is 1. The van der Waals surface area contributed by atoms with Crippen molar-refractivity contribution >= 4 is 11.0 Å². The van der Waals surface area contributed by atoms with Crippen LogP contribution in [0.2, 0.25) is 0 Å². The van der Waals surface area contributed by atoms with Crippen molar-refractivity contribution < 1.29 is 4.74 Å². The molecule has 27 heavy (non-hydrogen) atoms. The van der Waals surface area contributed by atoms with Gasteiger partial charge in [-0.1, -0.05) is 44.2 Å². The summed E-state index contributed by atoms with van der Waals surface area (Å²) in [7, 11) is 2.23. The van der Waals surface area contributed by atoms with Gasteiger partial charge < -0.3 is 14.6 Å². The van der Waals surface area contributed by atoms with Gasteiger partial charge in [-0.05, 0) is 55.8 Å². The minimum absolute atomic E-state index is 0.823. The maximum absolute atomic E-state index is 5.98. The number of fused-ring (bicyclic) bond motifs is 1. The van der Waals surface area contributed by atoms with Gasteiger partial charge in [0.1, 0.15) is 11.5 Å². The molecule has 0 unspecified atom stereocenters. The third-order valence-corrected chi connectivity index (χ3v) is 5.65. The molecule has 1 aliphatic carbocycles. The summed E-state index contributed by atoms with van der Waals surface area (Å²) in [5, 5.41) is 0. The summed E-state index contributed by atoms with van der Waals surface area (Å²) >= 11 is 0. The van der Waals surface area contributed by atoms with E-state index in [-0.39, 0.29) is 0 Å². The fourth-order valence-corrected chi connectivity index (χ4v) is 4.05. The Kier molecular flexibility index (Phi) is 5.73. The predicted octanol–water partition coefficient (Wildman–Crippen LogP) is 5.76. The molecule has 0 aliphatic heterocycles. The maximum Gasteiger partial charge on any atom is 0.129 e. The first-order valence-corrected chi connectivity index (χ1v) is 10.1. The summed E-state index contributed by atoms with van der Waals surface area (Å²) < 4.78 is 5.98. The van der Waals surface area contributed by atoms with Crippen molar-refractivity contribution in [1.29, 1.82) is 0 Å². The second kappa shape index (κ2) is 8.57. The summed E-state index contributed by atoms with van der Waals surface area (Å²) in [6, 6.07) is 14.4. The van der Waals surface area contributed by atoms with Crippen molar-refractivity contribution in [2.24, 2.45) is 5.92 Å². The third-order valence-electron chi connectivity index (χ3n) is 5.65. The van der Waals surface area contributed by atoms with Gasteiger partial charge in [-0.3, -0.25) is 0 Å². The molecule has 2 aromatic carbocycles. The van der Waals surface area contributed by atoms with Crippen molar-refractivity contribution in [3.8, 4) is 11.5 Å². The summed E-state index contributed by atoms with van der Waals surface area (Å²) in [6.45, 7) is 2.18. The Hall–Kier alpha value is -2.33. The number of ether oxygens (including phenoxy) is 1. The van der Waals surface area contributed by atoms with E-state index in [1.165, 1.54) is 50.6 Å². The number of aromatic amines is 1.